The van der Waals surface area contributed by atoms with E-state index in [0.717, 1.165) is 51.3 Å². The van der Waals surface area contributed by atoms with E-state index in [-0.39, 0.29) is 12.1 Å². The van der Waals surface area contributed by atoms with E-state index in [0.29, 0.717) is 19.7 Å². The Hall–Kier alpha value is -1.63. The fourth-order valence-electron chi connectivity index (χ4n) is 3.12. The molecule has 1 aliphatic heterocycles. The summed E-state index contributed by atoms with van der Waals surface area (Å²) in [6, 6.07) is 8.43. The number of ether oxygens (including phenoxy) is 1. The molecule has 1 fully saturated rings. The molecule has 0 aliphatic carbocycles. The average Bonchev–Trinajstić information content (AvgIpc) is 2.67. The summed E-state index contributed by atoms with van der Waals surface area (Å²) in [5.41, 5.74) is 2.45. The normalized spacial score (nSPS) is 15.9. The van der Waals surface area contributed by atoms with Gasteiger partial charge >= 0.3 is 6.03 Å². The molecule has 0 saturated carbocycles. The maximum Gasteiger partial charge on any atom is 0.315 e. The Morgan fingerprint density at radius 1 is 1.04 bits per heavy atom. The van der Waals surface area contributed by atoms with Crippen LogP contribution in [0.15, 0.2) is 24.3 Å². The third-order valence-electron chi connectivity index (χ3n) is 4.85. The van der Waals surface area contributed by atoms with Gasteiger partial charge in [0.1, 0.15) is 0 Å². The first-order chi connectivity index (χ1) is 13.1. The molecule has 0 spiro atoms. The van der Waals surface area contributed by atoms with Crippen LogP contribution in [0.1, 0.15) is 38.3 Å². The molecule has 1 aliphatic rings. The first-order valence-electron chi connectivity index (χ1n) is 10.2. The molecule has 0 aromatic heterocycles. The van der Waals surface area contributed by atoms with Gasteiger partial charge in [0.25, 0.3) is 0 Å². The van der Waals surface area contributed by atoms with E-state index in [1.807, 2.05) is 13.8 Å². The van der Waals surface area contributed by atoms with Crippen LogP contribution in [0, 0.1) is 0 Å². The Balaban J connectivity index is 1.61. The minimum atomic E-state index is -0.127. The highest BCUT2D eigenvalue weighted by Crippen LogP contribution is 2.10. The van der Waals surface area contributed by atoms with E-state index in [2.05, 4.69) is 51.6 Å². The van der Waals surface area contributed by atoms with Gasteiger partial charge in [-0.3, -0.25) is 4.90 Å². The molecule has 6 nitrogen and oxygen atoms in total. The third-order valence-corrected chi connectivity index (χ3v) is 4.85. The van der Waals surface area contributed by atoms with Crippen LogP contribution in [0.2, 0.25) is 0 Å². The van der Waals surface area contributed by atoms with Gasteiger partial charge in [0.15, 0.2) is 0 Å². The van der Waals surface area contributed by atoms with Crippen molar-refractivity contribution in [1.82, 2.24) is 20.4 Å². The topological polar surface area (TPSA) is 56.8 Å². The van der Waals surface area contributed by atoms with Gasteiger partial charge in [-0.25, -0.2) is 4.79 Å². The molecule has 0 radical (unpaired) electrons. The smallest absolute Gasteiger partial charge is 0.315 e. The molecule has 0 atom stereocenters. The van der Waals surface area contributed by atoms with Gasteiger partial charge in [0, 0.05) is 52.4 Å². The summed E-state index contributed by atoms with van der Waals surface area (Å²) >= 11 is 0. The van der Waals surface area contributed by atoms with Crippen LogP contribution >= 0.6 is 0 Å². The SMILES string of the molecule is CCN1CCN(Cc2ccc(CNC(=O)NCCCOC(C)C)cc2)CC1. The zero-order valence-corrected chi connectivity index (χ0v) is 17.2. The summed E-state index contributed by atoms with van der Waals surface area (Å²) < 4.78 is 5.45. The van der Waals surface area contributed by atoms with Crippen molar-refractivity contribution < 1.29 is 9.53 Å². The molecule has 0 unspecified atom stereocenters. The van der Waals surface area contributed by atoms with E-state index in [1.165, 1.54) is 5.56 Å². The molecule has 1 saturated heterocycles. The number of likely N-dealkylation sites (N-methyl/N-ethyl adjacent to an activating group) is 1. The molecule has 27 heavy (non-hydrogen) atoms. The summed E-state index contributed by atoms with van der Waals surface area (Å²) in [5.74, 6) is 0. The number of benzene rings is 1. The van der Waals surface area contributed by atoms with Crippen LogP contribution in [-0.2, 0) is 17.8 Å². The molecule has 6 heteroatoms. The maximum atomic E-state index is 11.8. The number of rotatable bonds is 10. The lowest BCUT2D eigenvalue weighted by atomic mass is 10.1. The second kappa shape index (κ2) is 12.0. The molecular weight excluding hydrogens is 340 g/mol. The van der Waals surface area contributed by atoms with E-state index in [9.17, 15) is 4.79 Å². The predicted octanol–water partition coefficient (Wildman–Crippen LogP) is 2.44. The highest BCUT2D eigenvalue weighted by molar-refractivity contribution is 5.73. The molecule has 2 N–H and O–H groups in total. The summed E-state index contributed by atoms with van der Waals surface area (Å²) in [6.07, 6.45) is 1.06. The minimum Gasteiger partial charge on any atom is -0.379 e. The Kier molecular flexibility index (Phi) is 9.59. The van der Waals surface area contributed by atoms with E-state index < -0.39 is 0 Å². The number of hydrogen-bond acceptors (Lipinski definition) is 4. The van der Waals surface area contributed by atoms with Crippen molar-refractivity contribution in [2.24, 2.45) is 0 Å². The van der Waals surface area contributed by atoms with Crippen LogP contribution in [-0.4, -0.2) is 67.8 Å². The lowest BCUT2D eigenvalue weighted by Gasteiger charge is -2.34. The molecule has 2 rings (SSSR count). The van der Waals surface area contributed by atoms with Gasteiger partial charge in [0.2, 0.25) is 0 Å². The van der Waals surface area contributed by atoms with Gasteiger partial charge in [-0.1, -0.05) is 31.2 Å². The predicted molar refractivity (Wildman–Crippen MR) is 110 cm³/mol. The van der Waals surface area contributed by atoms with Crippen molar-refractivity contribution in [3.8, 4) is 0 Å². The number of nitrogens with zero attached hydrogens (tertiary/aromatic N) is 2. The number of hydrogen-bond donors (Lipinski definition) is 2. The number of urea groups is 1. The lowest BCUT2D eigenvalue weighted by Crippen LogP contribution is -2.45. The van der Waals surface area contributed by atoms with Crippen molar-refractivity contribution in [2.45, 2.75) is 46.4 Å². The Bertz CT molecular complexity index is 540. The number of amides is 2. The Labute approximate surface area is 164 Å². The van der Waals surface area contributed by atoms with Crippen molar-refractivity contribution >= 4 is 6.03 Å². The molecule has 1 heterocycles. The van der Waals surface area contributed by atoms with Crippen LogP contribution in [0.25, 0.3) is 0 Å². The first-order valence-corrected chi connectivity index (χ1v) is 10.2. The van der Waals surface area contributed by atoms with Crippen LogP contribution in [0.5, 0.6) is 0 Å². The second-order valence-corrected chi connectivity index (χ2v) is 7.41. The van der Waals surface area contributed by atoms with Gasteiger partial charge in [-0.15, -0.1) is 0 Å². The van der Waals surface area contributed by atoms with E-state index in [1.54, 1.807) is 0 Å². The van der Waals surface area contributed by atoms with E-state index in [4.69, 9.17) is 4.74 Å². The Morgan fingerprint density at radius 2 is 1.67 bits per heavy atom. The largest absolute Gasteiger partial charge is 0.379 e. The number of carbonyl (C=O) groups excluding carboxylic acids is 1. The number of nitrogens with one attached hydrogen (secondary N) is 2. The summed E-state index contributed by atoms with van der Waals surface area (Å²) in [4.78, 5) is 16.8. The number of piperazine rings is 1. The fourth-order valence-corrected chi connectivity index (χ4v) is 3.12. The van der Waals surface area contributed by atoms with Gasteiger partial charge in [-0.2, -0.15) is 0 Å². The van der Waals surface area contributed by atoms with Crippen LogP contribution in [0.4, 0.5) is 4.79 Å². The summed E-state index contributed by atoms with van der Waals surface area (Å²) in [7, 11) is 0. The summed E-state index contributed by atoms with van der Waals surface area (Å²) in [6.45, 7) is 14.9. The molecule has 1 aromatic carbocycles. The van der Waals surface area contributed by atoms with Crippen LogP contribution < -0.4 is 10.6 Å². The molecule has 1 aromatic rings. The fraction of sp³-hybridized carbons (Fsp3) is 0.667. The monoisotopic (exact) mass is 376 g/mol. The van der Waals surface area contributed by atoms with Crippen molar-refractivity contribution in [3.63, 3.8) is 0 Å². The molecule has 152 valence electrons. The Morgan fingerprint density at radius 3 is 2.30 bits per heavy atom. The molecule has 0 bridgehead atoms. The zero-order valence-electron chi connectivity index (χ0n) is 17.2. The van der Waals surface area contributed by atoms with Crippen molar-refractivity contribution in [1.29, 1.82) is 0 Å². The standard InChI is InChI=1S/C21H36N4O2/c1-4-24-11-13-25(14-12-24)17-20-8-6-19(7-9-20)16-23-21(26)22-10-5-15-27-18(2)3/h6-9,18H,4-5,10-17H2,1-3H3,(H2,22,23,26). The lowest BCUT2D eigenvalue weighted by molar-refractivity contribution is 0.0774. The van der Waals surface area contributed by atoms with Crippen molar-refractivity contribution in [2.75, 3.05) is 45.9 Å². The second-order valence-electron chi connectivity index (χ2n) is 7.41. The average molecular weight is 377 g/mol. The molecular formula is C21H36N4O2. The van der Waals surface area contributed by atoms with E-state index >= 15 is 0 Å². The van der Waals surface area contributed by atoms with Crippen LogP contribution in [0.3, 0.4) is 0 Å². The van der Waals surface area contributed by atoms with Crippen molar-refractivity contribution in [3.05, 3.63) is 35.4 Å². The highest BCUT2D eigenvalue weighted by Gasteiger charge is 2.15. The first kappa shape index (κ1) is 21.7. The zero-order chi connectivity index (χ0) is 19.5. The van der Waals surface area contributed by atoms with Gasteiger partial charge in [-0.05, 0) is 37.9 Å². The minimum absolute atomic E-state index is 0.127. The maximum absolute atomic E-state index is 11.8. The van der Waals surface area contributed by atoms with Gasteiger partial charge < -0.3 is 20.3 Å². The highest BCUT2D eigenvalue weighted by atomic mass is 16.5. The van der Waals surface area contributed by atoms with Gasteiger partial charge in [0.05, 0.1) is 6.10 Å². The molecule has 2 amide bonds. The summed E-state index contributed by atoms with van der Waals surface area (Å²) in [5, 5.41) is 5.76. The number of carbonyl (C=O) groups is 1. The third kappa shape index (κ3) is 8.73. The quantitative estimate of drug-likeness (QED) is 0.616.